The van der Waals surface area contributed by atoms with Crippen molar-refractivity contribution in [1.82, 2.24) is 4.98 Å². The molecule has 1 fully saturated rings. The minimum Gasteiger partial charge on any atom is -0.443 e. The molecular weight excluding hydrogens is 409 g/mol. The molecule has 0 spiro atoms. The molecule has 6 nitrogen and oxygen atoms in total. The number of nitrogens with two attached hydrogens (primary N) is 1. The molecule has 128 valence electrons. The van der Waals surface area contributed by atoms with Gasteiger partial charge in [0, 0.05) is 22.2 Å². The largest absolute Gasteiger partial charge is 0.443 e. The topological polar surface area (TPSA) is 88.7 Å². The molecule has 2 rings (SSSR count). The van der Waals surface area contributed by atoms with Crippen molar-refractivity contribution < 1.29 is 14.6 Å². The molecule has 1 unspecified atom stereocenters. The molecule has 2 atom stereocenters. The number of primary amides is 1. The molecular formula is C16H24IN3O3. The van der Waals surface area contributed by atoms with Gasteiger partial charge in [0.1, 0.15) is 11.4 Å². The van der Waals surface area contributed by atoms with Crippen LogP contribution in [0, 0.1) is 3.57 Å². The second-order valence-corrected chi connectivity index (χ2v) is 7.64. The minimum atomic E-state index is -0.774. The first-order valence-corrected chi connectivity index (χ1v) is 8.85. The van der Waals surface area contributed by atoms with Crippen LogP contribution >= 0.6 is 22.6 Å². The third kappa shape index (κ3) is 4.06. The first-order chi connectivity index (χ1) is 10.8. The highest BCUT2D eigenvalue weighted by atomic mass is 127. The number of pyridine rings is 1. The number of hydrogen-bond acceptors (Lipinski definition) is 5. The quantitative estimate of drug-likeness (QED) is 0.698. The predicted octanol–water partition coefficient (Wildman–Crippen LogP) is 2.62. The van der Waals surface area contributed by atoms with Crippen molar-refractivity contribution in [3.8, 4) is 0 Å². The van der Waals surface area contributed by atoms with Gasteiger partial charge in [0.15, 0.2) is 0 Å². The molecule has 1 aromatic rings. The van der Waals surface area contributed by atoms with Gasteiger partial charge in [-0.2, -0.15) is 0 Å². The number of hydrogen-bond donors (Lipinski definition) is 2. The maximum absolute atomic E-state index is 11.1. The summed E-state index contributed by atoms with van der Waals surface area (Å²) in [5, 5.41) is 9.47. The van der Waals surface area contributed by atoms with E-state index in [4.69, 9.17) is 10.5 Å². The monoisotopic (exact) mass is 433 g/mol. The van der Waals surface area contributed by atoms with Crippen LogP contribution in [-0.2, 0) is 4.74 Å². The standard InChI is InChI=1S/C16H24IN3O3/c1-10(16(2,3)23-15(18)22)12-8-19-14(7-13(12)17)20-6-4-5-11(20)9-21/h7-8,10-11,21H,4-6,9H2,1-3H3,(H2,18,22)/t10-,11?/m0/s1. The second-order valence-electron chi connectivity index (χ2n) is 6.48. The fourth-order valence-corrected chi connectivity index (χ4v) is 3.84. The molecule has 7 heteroatoms. The van der Waals surface area contributed by atoms with E-state index in [0.717, 1.165) is 34.3 Å². The lowest BCUT2D eigenvalue weighted by atomic mass is 9.87. The molecule has 1 aromatic heterocycles. The summed E-state index contributed by atoms with van der Waals surface area (Å²) in [4.78, 5) is 17.8. The number of amides is 1. The molecule has 0 aromatic carbocycles. The first kappa shape index (κ1) is 18.3. The maximum atomic E-state index is 11.1. The van der Waals surface area contributed by atoms with Gasteiger partial charge in [-0.25, -0.2) is 9.78 Å². The van der Waals surface area contributed by atoms with Crippen molar-refractivity contribution in [1.29, 1.82) is 0 Å². The van der Waals surface area contributed by atoms with Crippen LogP contribution in [0.5, 0.6) is 0 Å². The van der Waals surface area contributed by atoms with E-state index in [2.05, 4.69) is 32.5 Å². The van der Waals surface area contributed by atoms with Crippen LogP contribution in [0.15, 0.2) is 12.3 Å². The van der Waals surface area contributed by atoms with Crippen molar-refractivity contribution in [3.05, 3.63) is 21.4 Å². The fraction of sp³-hybridized carbons (Fsp3) is 0.625. The summed E-state index contributed by atoms with van der Waals surface area (Å²) in [5.74, 6) is 0.839. The van der Waals surface area contributed by atoms with Crippen LogP contribution in [0.4, 0.5) is 10.6 Å². The number of nitrogens with zero attached hydrogens (tertiary/aromatic N) is 2. The van der Waals surface area contributed by atoms with Gasteiger partial charge < -0.3 is 20.5 Å². The molecule has 3 N–H and O–H groups in total. The van der Waals surface area contributed by atoms with E-state index < -0.39 is 11.7 Å². The Morgan fingerprint density at radius 2 is 2.35 bits per heavy atom. The number of carbonyl (C=O) groups excluding carboxylic acids is 1. The lowest BCUT2D eigenvalue weighted by Gasteiger charge is -2.32. The Bertz CT molecular complexity index is 580. The highest BCUT2D eigenvalue weighted by Crippen LogP contribution is 2.35. The molecule has 1 aliphatic heterocycles. The summed E-state index contributed by atoms with van der Waals surface area (Å²) in [6, 6.07) is 2.18. The fourth-order valence-electron chi connectivity index (χ4n) is 2.96. The van der Waals surface area contributed by atoms with Crippen LogP contribution in [-0.4, -0.2) is 41.0 Å². The SMILES string of the molecule is C[C@@H](c1cnc(N2CCCC2CO)cc1I)C(C)(C)OC(N)=O. The maximum Gasteiger partial charge on any atom is 0.405 e. The van der Waals surface area contributed by atoms with Gasteiger partial charge in [-0.05, 0) is 60.9 Å². The lowest BCUT2D eigenvalue weighted by Crippen LogP contribution is -2.36. The Hall–Kier alpha value is -1.09. The average Bonchev–Trinajstić information content (AvgIpc) is 2.93. The van der Waals surface area contributed by atoms with E-state index in [9.17, 15) is 9.90 Å². The van der Waals surface area contributed by atoms with Crippen LogP contribution < -0.4 is 10.6 Å². The zero-order valence-electron chi connectivity index (χ0n) is 13.8. The molecule has 2 heterocycles. The number of aliphatic hydroxyl groups is 1. The van der Waals surface area contributed by atoms with Crippen LogP contribution in [0.2, 0.25) is 0 Å². The number of ether oxygens (including phenoxy) is 1. The van der Waals surface area contributed by atoms with E-state index in [1.54, 1.807) is 0 Å². The van der Waals surface area contributed by atoms with Crippen molar-refractivity contribution in [2.45, 2.75) is 51.2 Å². The number of anilines is 1. The second kappa shape index (κ2) is 7.21. The summed E-state index contributed by atoms with van der Waals surface area (Å²) in [5.41, 5.74) is 5.46. The average molecular weight is 433 g/mol. The number of aliphatic hydroxyl groups excluding tert-OH is 1. The first-order valence-electron chi connectivity index (χ1n) is 7.77. The van der Waals surface area contributed by atoms with E-state index in [1.165, 1.54) is 0 Å². The molecule has 1 aliphatic rings. The highest BCUT2D eigenvalue weighted by molar-refractivity contribution is 14.1. The third-order valence-electron chi connectivity index (χ3n) is 4.62. The predicted molar refractivity (Wildman–Crippen MR) is 97.6 cm³/mol. The third-order valence-corrected chi connectivity index (χ3v) is 5.56. The Kier molecular flexibility index (Phi) is 5.72. The lowest BCUT2D eigenvalue weighted by molar-refractivity contribution is 0.0279. The van der Waals surface area contributed by atoms with Crippen molar-refractivity contribution >= 4 is 34.5 Å². The molecule has 1 saturated heterocycles. The Morgan fingerprint density at radius 3 is 2.91 bits per heavy atom. The summed E-state index contributed by atoms with van der Waals surface area (Å²) < 4.78 is 6.30. The van der Waals surface area contributed by atoms with E-state index in [0.29, 0.717) is 0 Å². The van der Waals surface area contributed by atoms with Gasteiger partial charge in [-0.15, -0.1) is 0 Å². The molecule has 0 aliphatic carbocycles. The summed E-state index contributed by atoms with van der Waals surface area (Å²) >= 11 is 2.28. The highest BCUT2D eigenvalue weighted by Gasteiger charge is 2.33. The van der Waals surface area contributed by atoms with Gasteiger partial charge in [-0.3, -0.25) is 0 Å². The zero-order valence-corrected chi connectivity index (χ0v) is 15.9. The smallest absolute Gasteiger partial charge is 0.405 e. The van der Waals surface area contributed by atoms with Gasteiger partial charge in [0.25, 0.3) is 0 Å². The zero-order chi connectivity index (χ0) is 17.2. The van der Waals surface area contributed by atoms with Crippen molar-refractivity contribution in [2.75, 3.05) is 18.1 Å². The van der Waals surface area contributed by atoms with Gasteiger partial charge in [-0.1, -0.05) is 6.92 Å². The van der Waals surface area contributed by atoms with Crippen molar-refractivity contribution in [2.24, 2.45) is 5.73 Å². The Labute approximate surface area is 150 Å². The Balaban J connectivity index is 2.24. The van der Waals surface area contributed by atoms with Crippen LogP contribution in [0.1, 0.15) is 45.1 Å². The van der Waals surface area contributed by atoms with Crippen LogP contribution in [0.3, 0.4) is 0 Å². The minimum absolute atomic E-state index is 0.0457. The number of rotatable bonds is 5. The van der Waals surface area contributed by atoms with Crippen LogP contribution in [0.25, 0.3) is 0 Å². The van der Waals surface area contributed by atoms with Gasteiger partial charge in [0.2, 0.25) is 0 Å². The molecule has 0 radical (unpaired) electrons. The van der Waals surface area contributed by atoms with E-state index >= 15 is 0 Å². The number of halogens is 1. The van der Waals surface area contributed by atoms with Gasteiger partial charge in [0.05, 0.1) is 12.6 Å². The van der Waals surface area contributed by atoms with Crippen molar-refractivity contribution in [3.63, 3.8) is 0 Å². The van der Waals surface area contributed by atoms with E-state index in [1.807, 2.05) is 33.0 Å². The summed E-state index contributed by atoms with van der Waals surface area (Å²) in [7, 11) is 0. The number of aromatic nitrogens is 1. The molecule has 1 amide bonds. The van der Waals surface area contributed by atoms with E-state index in [-0.39, 0.29) is 18.6 Å². The summed E-state index contributed by atoms with van der Waals surface area (Å²) in [6.07, 6.45) is 3.12. The number of carbonyl (C=O) groups is 1. The molecule has 0 bridgehead atoms. The molecule has 0 saturated carbocycles. The normalized spacial score (nSPS) is 19.7. The molecule has 23 heavy (non-hydrogen) atoms. The Morgan fingerprint density at radius 1 is 1.65 bits per heavy atom. The summed E-state index contributed by atoms with van der Waals surface area (Å²) in [6.45, 7) is 6.74. The van der Waals surface area contributed by atoms with Gasteiger partial charge >= 0.3 is 6.09 Å².